The number of fused-ring (bicyclic) bond motifs is 1. The molecule has 2 aromatic carbocycles. The summed E-state index contributed by atoms with van der Waals surface area (Å²) in [6, 6.07) is 11.1. The number of urea groups is 1. The number of rotatable bonds is 6. The first-order valence-electron chi connectivity index (χ1n) is 8.72. The van der Waals surface area contributed by atoms with Crippen molar-refractivity contribution < 1.29 is 27.5 Å². The minimum atomic E-state index is -3.94. The maximum atomic E-state index is 12.3. The molecule has 10 heteroatoms. The Bertz CT molecular complexity index is 1030. The molecule has 0 fully saturated rings. The molecule has 0 aliphatic rings. The van der Waals surface area contributed by atoms with Crippen LogP contribution in [0.1, 0.15) is 20.8 Å². The largest absolute Gasteiger partial charge is 0.455 e. The van der Waals surface area contributed by atoms with E-state index >= 15 is 0 Å². The van der Waals surface area contributed by atoms with E-state index in [9.17, 15) is 22.8 Å². The molecule has 2 rings (SSSR count). The Labute approximate surface area is 168 Å². The minimum absolute atomic E-state index is 0.000550. The fourth-order valence-electron chi connectivity index (χ4n) is 2.30. The highest BCUT2D eigenvalue weighted by Gasteiger charge is 2.19. The maximum absolute atomic E-state index is 12.3. The second-order valence-electron chi connectivity index (χ2n) is 7.25. The monoisotopic (exact) mass is 421 g/mol. The zero-order valence-corrected chi connectivity index (χ0v) is 17.1. The van der Waals surface area contributed by atoms with Crippen LogP contribution in [0.3, 0.4) is 0 Å². The Balaban J connectivity index is 1.84. The lowest BCUT2D eigenvalue weighted by Gasteiger charge is -2.20. The molecule has 0 saturated carbocycles. The van der Waals surface area contributed by atoms with Crippen molar-refractivity contribution in [3.8, 4) is 0 Å². The highest BCUT2D eigenvalue weighted by Crippen LogP contribution is 2.18. The number of amides is 3. The lowest BCUT2D eigenvalue weighted by atomic mass is 10.1. The summed E-state index contributed by atoms with van der Waals surface area (Å²) < 4.78 is 31.5. The van der Waals surface area contributed by atoms with E-state index in [2.05, 4.69) is 14.8 Å². The zero-order chi connectivity index (χ0) is 21.7. The van der Waals surface area contributed by atoms with Gasteiger partial charge in [0, 0.05) is 5.54 Å². The van der Waals surface area contributed by atoms with Crippen LogP contribution in [0.25, 0.3) is 10.8 Å². The number of nitrogens with one attached hydrogen (secondary N) is 3. The Hall–Kier alpha value is -2.98. The third-order valence-electron chi connectivity index (χ3n) is 3.54. The summed E-state index contributed by atoms with van der Waals surface area (Å²) >= 11 is 0. The standard InChI is InChI=1S/C19H23N3O6S/c1-19(2,3)22-18(25)21-16(23)12-28-17(24)11-20-29(26,27)15-9-8-13-6-4-5-7-14(13)10-15/h4-10,20H,11-12H2,1-3H3,(H2,21,22,23,25). The molecule has 0 aliphatic heterocycles. The molecule has 0 radical (unpaired) electrons. The van der Waals surface area contributed by atoms with Crippen LogP contribution < -0.4 is 15.4 Å². The topological polar surface area (TPSA) is 131 Å². The minimum Gasteiger partial charge on any atom is -0.455 e. The molecule has 0 saturated heterocycles. The molecule has 0 heterocycles. The van der Waals surface area contributed by atoms with Crippen LogP contribution in [-0.4, -0.2) is 45.0 Å². The van der Waals surface area contributed by atoms with Gasteiger partial charge in [0.25, 0.3) is 5.91 Å². The van der Waals surface area contributed by atoms with Crippen LogP contribution in [0.2, 0.25) is 0 Å². The molecule has 2 aromatic rings. The van der Waals surface area contributed by atoms with Gasteiger partial charge in [0.15, 0.2) is 6.61 Å². The van der Waals surface area contributed by atoms with Gasteiger partial charge in [0.2, 0.25) is 10.0 Å². The quantitative estimate of drug-likeness (QED) is 0.603. The molecule has 29 heavy (non-hydrogen) atoms. The molecule has 3 N–H and O–H groups in total. The summed E-state index contributed by atoms with van der Waals surface area (Å²) in [6.45, 7) is 3.83. The Morgan fingerprint density at radius 2 is 1.66 bits per heavy atom. The highest BCUT2D eigenvalue weighted by molar-refractivity contribution is 7.89. The number of carbonyl (C=O) groups excluding carboxylic acids is 3. The van der Waals surface area contributed by atoms with Gasteiger partial charge in [0.05, 0.1) is 4.90 Å². The van der Waals surface area contributed by atoms with Gasteiger partial charge in [-0.3, -0.25) is 14.9 Å². The molecule has 9 nitrogen and oxygen atoms in total. The van der Waals surface area contributed by atoms with E-state index in [1.165, 1.54) is 12.1 Å². The average Bonchev–Trinajstić information content (AvgIpc) is 2.62. The van der Waals surface area contributed by atoms with Crippen molar-refractivity contribution in [1.29, 1.82) is 0 Å². The van der Waals surface area contributed by atoms with Gasteiger partial charge in [-0.2, -0.15) is 4.72 Å². The van der Waals surface area contributed by atoms with Crippen molar-refractivity contribution in [2.45, 2.75) is 31.2 Å². The predicted molar refractivity (Wildman–Crippen MR) is 107 cm³/mol. The number of sulfonamides is 1. The average molecular weight is 421 g/mol. The van der Waals surface area contributed by atoms with Crippen LogP contribution in [0.5, 0.6) is 0 Å². The molecular formula is C19H23N3O6S. The van der Waals surface area contributed by atoms with Gasteiger partial charge in [-0.1, -0.05) is 30.3 Å². The molecule has 3 amide bonds. The fraction of sp³-hybridized carbons (Fsp3) is 0.316. The third kappa shape index (κ3) is 7.16. The summed E-state index contributed by atoms with van der Waals surface area (Å²) in [5.41, 5.74) is -0.540. The number of hydrogen-bond donors (Lipinski definition) is 3. The van der Waals surface area contributed by atoms with E-state index in [-0.39, 0.29) is 4.90 Å². The van der Waals surface area contributed by atoms with Gasteiger partial charge >= 0.3 is 12.0 Å². The first-order chi connectivity index (χ1) is 13.5. The van der Waals surface area contributed by atoms with Gasteiger partial charge in [0.1, 0.15) is 6.54 Å². The molecule has 0 aliphatic carbocycles. The molecule has 0 unspecified atom stereocenters. The van der Waals surface area contributed by atoms with Gasteiger partial charge in [-0.05, 0) is 43.7 Å². The van der Waals surface area contributed by atoms with E-state index < -0.39 is 46.6 Å². The molecular weight excluding hydrogens is 398 g/mol. The van der Waals surface area contributed by atoms with E-state index in [0.717, 1.165) is 10.8 Å². The Morgan fingerprint density at radius 3 is 2.31 bits per heavy atom. The van der Waals surface area contributed by atoms with Crippen LogP contribution in [0.4, 0.5) is 4.79 Å². The van der Waals surface area contributed by atoms with Crippen molar-refractivity contribution >= 4 is 38.7 Å². The predicted octanol–water partition coefficient (Wildman–Crippen LogP) is 1.29. The number of ether oxygens (including phenoxy) is 1. The first-order valence-corrected chi connectivity index (χ1v) is 10.2. The summed E-state index contributed by atoms with van der Waals surface area (Å²) in [5.74, 6) is -1.79. The smallest absolute Gasteiger partial charge is 0.321 e. The fourth-order valence-corrected chi connectivity index (χ4v) is 3.31. The van der Waals surface area contributed by atoms with Gasteiger partial charge in [-0.15, -0.1) is 0 Å². The van der Waals surface area contributed by atoms with Crippen molar-refractivity contribution in [2.75, 3.05) is 13.2 Å². The van der Waals surface area contributed by atoms with Crippen molar-refractivity contribution in [3.63, 3.8) is 0 Å². The SMILES string of the molecule is CC(C)(C)NC(=O)NC(=O)COC(=O)CNS(=O)(=O)c1ccc2ccccc2c1. The lowest BCUT2D eigenvalue weighted by molar-refractivity contribution is -0.147. The van der Waals surface area contributed by atoms with Crippen molar-refractivity contribution in [2.24, 2.45) is 0 Å². The van der Waals surface area contributed by atoms with Gasteiger partial charge in [-0.25, -0.2) is 13.2 Å². The molecule has 156 valence electrons. The second-order valence-corrected chi connectivity index (χ2v) is 9.01. The number of imide groups is 1. The van der Waals surface area contributed by atoms with Crippen LogP contribution >= 0.6 is 0 Å². The molecule has 0 bridgehead atoms. The van der Waals surface area contributed by atoms with Crippen molar-refractivity contribution in [1.82, 2.24) is 15.4 Å². The Kier molecular flexibility index (Phi) is 6.93. The van der Waals surface area contributed by atoms with E-state index in [4.69, 9.17) is 0 Å². The summed E-state index contributed by atoms with van der Waals surface area (Å²) in [6.07, 6.45) is 0. The summed E-state index contributed by atoms with van der Waals surface area (Å²) in [7, 11) is -3.94. The van der Waals surface area contributed by atoms with E-state index in [1.807, 2.05) is 17.4 Å². The maximum Gasteiger partial charge on any atom is 0.321 e. The van der Waals surface area contributed by atoms with Gasteiger partial charge < -0.3 is 10.1 Å². The first kappa shape index (κ1) is 22.3. The highest BCUT2D eigenvalue weighted by atomic mass is 32.2. The van der Waals surface area contributed by atoms with Crippen molar-refractivity contribution in [3.05, 3.63) is 42.5 Å². The number of hydrogen-bond acceptors (Lipinski definition) is 6. The Morgan fingerprint density at radius 1 is 1.00 bits per heavy atom. The summed E-state index contributed by atoms with van der Waals surface area (Å²) in [5, 5.41) is 6.13. The normalized spacial score (nSPS) is 11.7. The van der Waals surface area contributed by atoms with Crippen LogP contribution in [0.15, 0.2) is 47.4 Å². The molecule has 0 atom stereocenters. The summed E-state index contributed by atoms with van der Waals surface area (Å²) in [4.78, 5) is 34.9. The van der Waals surface area contributed by atoms with E-state index in [1.54, 1.807) is 39.0 Å². The zero-order valence-electron chi connectivity index (χ0n) is 16.3. The number of esters is 1. The van der Waals surface area contributed by atoms with Crippen LogP contribution in [0, 0.1) is 0 Å². The van der Waals surface area contributed by atoms with Crippen LogP contribution in [-0.2, 0) is 24.3 Å². The number of benzene rings is 2. The lowest BCUT2D eigenvalue weighted by Crippen LogP contribution is -2.49. The second kappa shape index (κ2) is 9.01. The molecule has 0 spiro atoms. The molecule has 0 aromatic heterocycles. The number of carbonyl (C=O) groups is 3. The third-order valence-corrected chi connectivity index (χ3v) is 4.94. The van der Waals surface area contributed by atoms with E-state index in [0.29, 0.717) is 0 Å².